The number of carbonyl (C=O) groups is 1. The lowest BCUT2D eigenvalue weighted by Crippen LogP contribution is -2.00. The Morgan fingerprint density at radius 3 is 2.67 bits per heavy atom. The second-order valence-corrected chi connectivity index (χ2v) is 3.74. The van der Waals surface area contributed by atoms with Crippen molar-refractivity contribution < 1.29 is 9.53 Å². The summed E-state index contributed by atoms with van der Waals surface area (Å²) in [5.74, 6) is 0.836. The van der Waals surface area contributed by atoms with Gasteiger partial charge >= 0.3 is 0 Å². The quantitative estimate of drug-likeness (QED) is 0.556. The highest BCUT2D eigenvalue weighted by molar-refractivity contribution is 5.97. The van der Waals surface area contributed by atoms with Crippen LogP contribution in [0.25, 0.3) is 0 Å². The van der Waals surface area contributed by atoms with Crippen LogP contribution in [0.15, 0.2) is 30.4 Å². The Bertz CT molecular complexity index is 392. The van der Waals surface area contributed by atoms with Crippen LogP contribution in [0.4, 0.5) is 0 Å². The molecule has 0 radical (unpaired) electrons. The molecule has 2 heteroatoms. The maximum atomic E-state index is 11.7. The number of allylic oxidation sites excluding steroid dienone is 1. The Morgan fingerprint density at radius 1 is 1.47 bits per heavy atom. The van der Waals surface area contributed by atoms with Gasteiger partial charge in [-0.05, 0) is 25.5 Å². The molecule has 0 fully saturated rings. The number of Topliss-reactive ketones (excluding diaryl/α,β-unsaturated/α-hetero) is 1. The van der Waals surface area contributed by atoms with E-state index in [2.05, 4.69) is 6.58 Å². The van der Waals surface area contributed by atoms with Crippen molar-refractivity contribution in [3.63, 3.8) is 0 Å². The third-order valence-electron chi connectivity index (χ3n) is 2.19. The highest BCUT2D eigenvalue weighted by Gasteiger charge is 2.08. The summed E-state index contributed by atoms with van der Waals surface area (Å²) in [5, 5.41) is 0. The average Bonchev–Trinajstić information content (AvgIpc) is 2.17. The second-order valence-electron chi connectivity index (χ2n) is 3.74. The molecule has 0 bridgehead atoms. The Balaban J connectivity index is 2.95. The average molecular weight is 204 g/mol. The van der Waals surface area contributed by atoms with E-state index in [0.29, 0.717) is 12.0 Å². The number of methoxy groups -OCH3 is 1. The van der Waals surface area contributed by atoms with Crippen molar-refractivity contribution in [3.8, 4) is 5.75 Å². The molecule has 0 saturated carbocycles. The van der Waals surface area contributed by atoms with Crippen LogP contribution >= 0.6 is 0 Å². The molecule has 15 heavy (non-hydrogen) atoms. The predicted octanol–water partition coefficient (Wildman–Crippen LogP) is 3.15. The van der Waals surface area contributed by atoms with Crippen molar-refractivity contribution in [2.75, 3.05) is 7.11 Å². The van der Waals surface area contributed by atoms with Crippen molar-refractivity contribution >= 4 is 5.78 Å². The van der Waals surface area contributed by atoms with Gasteiger partial charge in [-0.15, -0.1) is 0 Å². The van der Waals surface area contributed by atoms with Crippen molar-refractivity contribution in [1.82, 2.24) is 0 Å². The number of hydrogen-bond acceptors (Lipinski definition) is 2. The molecule has 0 amide bonds. The monoisotopic (exact) mass is 204 g/mol. The minimum Gasteiger partial charge on any atom is -0.496 e. The maximum Gasteiger partial charge on any atom is 0.167 e. The number of rotatable bonds is 4. The van der Waals surface area contributed by atoms with E-state index in [9.17, 15) is 4.79 Å². The predicted molar refractivity (Wildman–Crippen MR) is 61.5 cm³/mol. The number of ether oxygens (including phenoxy) is 1. The molecule has 0 aliphatic carbocycles. The van der Waals surface area contributed by atoms with Crippen LogP contribution in [0, 0.1) is 6.92 Å². The molecular weight excluding hydrogens is 188 g/mol. The van der Waals surface area contributed by atoms with E-state index in [4.69, 9.17) is 4.74 Å². The highest BCUT2D eigenvalue weighted by atomic mass is 16.5. The Morgan fingerprint density at radius 2 is 2.13 bits per heavy atom. The first-order valence-electron chi connectivity index (χ1n) is 4.87. The van der Waals surface area contributed by atoms with Gasteiger partial charge in [0.05, 0.1) is 7.11 Å². The first-order valence-corrected chi connectivity index (χ1v) is 4.87. The van der Waals surface area contributed by atoms with Crippen LogP contribution in [0.2, 0.25) is 0 Å². The fourth-order valence-electron chi connectivity index (χ4n) is 1.37. The van der Waals surface area contributed by atoms with Gasteiger partial charge in [0.1, 0.15) is 5.75 Å². The Labute approximate surface area is 90.6 Å². The molecule has 80 valence electrons. The molecule has 1 rings (SSSR count). The fraction of sp³-hybridized carbons (Fsp3) is 0.308. The highest BCUT2D eigenvalue weighted by Crippen LogP contribution is 2.20. The zero-order valence-corrected chi connectivity index (χ0v) is 9.46. The first kappa shape index (κ1) is 11.5. The van der Waals surface area contributed by atoms with E-state index < -0.39 is 0 Å². The number of hydrogen-bond donors (Lipinski definition) is 0. The van der Waals surface area contributed by atoms with E-state index in [0.717, 1.165) is 16.9 Å². The zero-order chi connectivity index (χ0) is 11.4. The summed E-state index contributed by atoms with van der Waals surface area (Å²) in [5.41, 5.74) is 2.59. The third-order valence-corrected chi connectivity index (χ3v) is 2.19. The minimum absolute atomic E-state index is 0.0841. The Hall–Kier alpha value is -1.57. The summed E-state index contributed by atoms with van der Waals surface area (Å²) in [6, 6.07) is 5.49. The summed E-state index contributed by atoms with van der Waals surface area (Å²) < 4.78 is 5.17. The van der Waals surface area contributed by atoms with Gasteiger partial charge in [0.15, 0.2) is 5.78 Å². The van der Waals surface area contributed by atoms with Crippen molar-refractivity contribution in [1.29, 1.82) is 0 Å². The molecular formula is C13H16O2. The van der Waals surface area contributed by atoms with E-state index in [1.165, 1.54) is 0 Å². The first-order chi connectivity index (χ1) is 7.04. The SMILES string of the molecule is C=C(C)CC(=O)c1ccc(C)c(OC)c1. The number of carbonyl (C=O) groups excluding carboxylic acids is 1. The van der Waals surface area contributed by atoms with Gasteiger partial charge in [0.25, 0.3) is 0 Å². The fourth-order valence-corrected chi connectivity index (χ4v) is 1.37. The largest absolute Gasteiger partial charge is 0.496 e. The number of benzene rings is 1. The smallest absolute Gasteiger partial charge is 0.167 e. The summed E-state index contributed by atoms with van der Waals surface area (Å²) in [7, 11) is 1.61. The number of ketones is 1. The zero-order valence-electron chi connectivity index (χ0n) is 9.46. The molecule has 0 aliphatic rings. The van der Waals surface area contributed by atoms with Gasteiger partial charge < -0.3 is 4.74 Å². The van der Waals surface area contributed by atoms with Crippen LogP contribution < -0.4 is 4.74 Å². The van der Waals surface area contributed by atoms with Gasteiger partial charge in [-0.25, -0.2) is 0 Å². The van der Waals surface area contributed by atoms with Crippen molar-refractivity contribution in [3.05, 3.63) is 41.5 Å². The van der Waals surface area contributed by atoms with Gasteiger partial charge in [-0.1, -0.05) is 24.3 Å². The van der Waals surface area contributed by atoms with Crippen LogP contribution in [0.1, 0.15) is 29.3 Å². The minimum atomic E-state index is 0.0841. The lowest BCUT2D eigenvalue weighted by Gasteiger charge is -2.06. The van der Waals surface area contributed by atoms with Gasteiger partial charge in [0.2, 0.25) is 0 Å². The third kappa shape index (κ3) is 2.94. The van der Waals surface area contributed by atoms with Gasteiger partial charge in [0, 0.05) is 12.0 Å². The molecule has 2 nitrogen and oxygen atoms in total. The van der Waals surface area contributed by atoms with Crippen LogP contribution in [-0.2, 0) is 0 Å². The van der Waals surface area contributed by atoms with E-state index in [1.807, 2.05) is 26.0 Å². The van der Waals surface area contributed by atoms with Crippen LogP contribution in [0.5, 0.6) is 5.75 Å². The van der Waals surface area contributed by atoms with E-state index in [1.54, 1.807) is 13.2 Å². The summed E-state index contributed by atoms with van der Waals surface area (Å²) >= 11 is 0. The van der Waals surface area contributed by atoms with Crippen molar-refractivity contribution in [2.45, 2.75) is 20.3 Å². The Kier molecular flexibility index (Phi) is 3.67. The topological polar surface area (TPSA) is 26.3 Å². The molecule has 0 N–H and O–H groups in total. The summed E-state index contributed by atoms with van der Waals surface area (Å²) in [6.07, 6.45) is 0.395. The second kappa shape index (κ2) is 4.78. The van der Waals surface area contributed by atoms with Crippen LogP contribution in [-0.4, -0.2) is 12.9 Å². The molecule has 0 aliphatic heterocycles. The molecule has 1 aromatic rings. The molecule has 0 heterocycles. The molecule has 0 atom stereocenters. The maximum absolute atomic E-state index is 11.7. The molecule has 0 unspecified atom stereocenters. The number of aryl methyl sites for hydroxylation is 1. The lowest BCUT2D eigenvalue weighted by atomic mass is 10.0. The molecule has 1 aromatic carbocycles. The molecule has 0 spiro atoms. The molecule has 0 saturated heterocycles. The standard InChI is InChI=1S/C13H16O2/c1-9(2)7-12(14)11-6-5-10(3)13(8-11)15-4/h5-6,8H,1,7H2,2-4H3. The van der Waals surface area contributed by atoms with Gasteiger partial charge in [-0.2, -0.15) is 0 Å². The van der Waals surface area contributed by atoms with E-state index >= 15 is 0 Å². The van der Waals surface area contributed by atoms with E-state index in [-0.39, 0.29) is 5.78 Å². The summed E-state index contributed by atoms with van der Waals surface area (Å²) in [6.45, 7) is 7.53. The molecule has 0 aromatic heterocycles. The van der Waals surface area contributed by atoms with Crippen molar-refractivity contribution in [2.24, 2.45) is 0 Å². The van der Waals surface area contributed by atoms with Gasteiger partial charge in [-0.3, -0.25) is 4.79 Å². The summed E-state index contributed by atoms with van der Waals surface area (Å²) in [4.78, 5) is 11.7. The normalized spacial score (nSPS) is 9.80. The lowest BCUT2D eigenvalue weighted by molar-refractivity contribution is 0.0993. The van der Waals surface area contributed by atoms with Crippen LogP contribution in [0.3, 0.4) is 0 Å².